The molecule has 0 saturated carbocycles. The second-order valence-corrected chi connectivity index (χ2v) is 5.56. The number of imide groups is 1. The summed E-state index contributed by atoms with van der Waals surface area (Å²) in [4.78, 5) is 43.8. The highest BCUT2D eigenvalue weighted by Crippen LogP contribution is 2.19. The van der Waals surface area contributed by atoms with Crippen LogP contribution in [0.5, 0.6) is 0 Å². The number of nitrogens with zero attached hydrogens (tertiary/aromatic N) is 2. The molecule has 7 nitrogen and oxygen atoms in total. The first-order valence-corrected chi connectivity index (χ1v) is 7.31. The molecule has 0 aliphatic carbocycles. The first-order chi connectivity index (χ1) is 10.1. The summed E-state index contributed by atoms with van der Waals surface area (Å²) in [6.45, 7) is 0. The predicted octanol–water partition coefficient (Wildman–Crippen LogP) is 0.155. The zero-order valence-electron chi connectivity index (χ0n) is 11.0. The molecule has 1 saturated heterocycles. The second-order valence-electron chi connectivity index (χ2n) is 4.72. The largest absolute Gasteiger partial charge is 0.344 e. The lowest BCUT2D eigenvalue weighted by atomic mass is 10.1. The molecule has 0 aromatic carbocycles. The van der Waals surface area contributed by atoms with E-state index in [0.717, 1.165) is 10.4 Å². The van der Waals surface area contributed by atoms with E-state index in [2.05, 4.69) is 20.6 Å². The molecule has 0 bridgehead atoms. The van der Waals surface area contributed by atoms with E-state index in [1.807, 2.05) is 0 Å². The number of amides is 3. The highest BCUT2D eigenvalue weighted by Gasteiger charge is 2.27. The molecule has 1 fully saturated rings. The predicted molar refractivity (Wildman–Crippen MR) is 75.4 cm³/mol. The quantitative estimate of drug-likeness (QED) is 0.786. The average Bonchev–Trinajstić information content (AvgIpc) is 2.91. The molecular weight excluding hydrogens is 292 g/mol. The van der Waals surface area contributed by atoms with E-state index >= 15 is 0 Å². The molecular formula is C13H12N4O3S. The van der Waals surface area contributed by atoms with Gasteiger partial charge in [-0.1, -0.05) is 0 Å². The van der Waals surface area contributed by atoms with Crippen LogP contribution in [-0.4, -0.2) is 33.7 Å². The summed E-state index contributed by atoms with van der Waals surface area (Å²) in [6.07, 6.45) is 2.33. The minimum atomic E-state index is -0.650. The lowest BCUT2D eigenvalue weighted by molar-refractivity contribution is -0.137. The zero-order valence-corrected chi connectivity index (χ0v) is 11.8. The summed E-state index contributed by atoms with van der Waals surface area (Å²) in [5, 5.41) is 4.86. The molecule has 108 valence electrons. The molecule has 0 radical (unpaired) electrons. The van der Waals surface area contributed by atoms with Crippen molar-refractivity contribution in [3.05, 3.63) is 23.3 Å². The fourth-order valence-electron chi connectivity index (χ4n) is 2.22. The van der Waals surface area contributed by atoms with Crippen molar-refractivity contribution in [1.82, 2.24) is 20.6 Å². The Labute approximate surface area is 123 Å². The Morgan fingerprint density at radius 1 is 1.43 bits per heavy atom. The van der Waals surface area contributed by atoms with E-state index in [-0.39, 0.29) is 24.7 Å². The maximum absolute atomic E-state index is 12.1. The Bertz CT molecular complexity index is 727. The van der Waals surface area contributed by atoms with Crippen molar-refractivity contribution in [3.63, 3.8) is 0 Å². The van der Waals surface area contributed by atoms with E-state index < -0.39 is 11.9 Å². The Morgan fingerprint density at radius 2 is 2.29 bits per heavy atom. The highest BCUT2D eigenvalue weighted by molar-refractivity contribution is 7.16. The van der Waals surface area contributed by atoms with Crippen molar-refractivity contribution in [2.75, 3.05) is 0 Å². The fourth-order valence-corrected chi connectivity index (χ4v) is 2.89. The maximum Gasteiger partial charge on any atom is 0.249 e. The monoisotopic (exact) mass is 304 g/mol. The number of fused-ring (bicyclic) bond motifs is 1. The zero-order chi connectivity index (χ0) is 14.8. The van der Waals surface area contributed by atoms with E-state index in [0.29, 0.717) is 11.9 Å². The molecule has 3 rings (SSSR count). The van der Waals surface area contributed by atoms with Crippen LogP contribution < -0.4 is 10.6 Å². The fraction of sp³-hybridized carbons (Fsp3) is 0.308. The molecule has 1 atom stereocenters. The van der Waals surface area contributed by atoms with Crippen LogP contribution >= 0.6 is 11.3 Å². The molecule has 2 aromatic heterocycles. The topological polar surface area (TPSA) is 101 Å². The van der Waals surface area contributed by atoms with Gasteiger partial charge in [0.1, 0.15) is 16.4 Å². The number of hydrogen-bond acceptors (Lipinski definition) is 6. The van der Waals surface area contributed by atoms with Gasteiger partial charge in [0.05, 0.1) is 11.9 Å². The molecule has 3 heterocycles. The highest BCUT2D eigenvalue weighted by atomic mass is 32.1. The summed E-state index contributed by atoms with van der Waals surface area (Å²) in [5.41, 5.74) is 3.16. The standard InChI is InChI=1S/C13H12N4O3S/c18-9-2-1-8(12(20)17-9)16-10(19)5-7-3-4-14-13-11(7)15-6-21-13/h3-4,6,8H,1-2,5H2,(H,16,19)(H,17,18,20). The number of rotatable bonds is 3. The SMILES string of the molecule is O=C1CCC(NC(=O)Cc2ccnc3scnc23)C(=O)N1. The van der Waals surface area contributed by atoms with Crippen molar-refractivity contribution < 1.29 is 14.4 Å². The number of piperidine rings is 1. The van der Waals surface area contributed by atoms with Crippen LogP contribution in [0.3, 0.4) is 0 Å². The first kappa shape index (κ1) is 13.6. The van der Waals surface area contributed by atoms with Gasteiger partial charge >= 0.3 is 0 Å². The molecule has 2 aromatic rings. The molecule has 0 spiro atoms. The van der Waals surface area contributed by atoms with Crippen LogP contribution in [0, 0.1) is 0 Å². The van der Waals surface area contributed by atoms with Crippen molar-refractivity contribution in [3.8, 4) is 0 Å². The number of nitrogens with one attached hydrogen (secondary N) is 2. The first-order valence-electron chi connectivity index (χ1n) is 6.43. The molecule has 8 heteroatoms. The maximum atomic E-state index is 12.1. The summed E-state index contributed by atoms with van der Waals surface area (Å²) in [6, 6.07) is 1.09. The van der Waals surface area contributed by atoms with Gasteiger partial charge in [-0.3, -0.25) is 19.7 Å². The van der Waals surface area contributed by atoms with Crippen LogP contribution in [0.2, 0.25) is 0 Å². The van der Waals surface area contributed by atoms with E-state index in [1.54, 1.807) is 17.8 Å². The van der Waals surface area contributed by atoms with Crippen molar-refractivity contribution >= 4 is 39.4 Å². The number of thiazole rings is 1. The van der Waals surface area contributed by atoms with Gasteiger partial charge in [0, 0.05) is 12.6 Å². The van der Waals surface area contributed by atoms with Gasteiger partial charge in [0.15, 0.2) is 0 Å². The molecule has 21 heavy (non-hydrogen) atoms. The Hall–Kier alpha value is -2.35. The number of carbonyl (C=O) groups is 3. The minimum Gasteiger partial charge on any atom is -0.344 e. The lowest BCUT2D eigenvalue weighted by Crippen LogP contribution is -2.52. The summed E-state index contributed by atoms with van der Waals surface area (Å²) >= 11 is 1.41. The lowest BCUT2D eigenvalue weighted by Gasteiger charge is -2.21. The Kier molecular flexibility index (Phi) is 3.61. The Morgan fingerprint density at radius 3 is 3.10 bits per heavy atom. The third-order valence-corrected chi connectivity index (χ3v) is 3.98. The second kappa shape index (κ2) is 5.57. The van der Waals surface area contributed by atoms with Crippen LogP contribution in [0.1, 0.15) is 18.4 Å². The number of carbonyl (C=O) groups excluding carboxylic acids is 3. The molecule has 2 N–H and O–H groups in total. The van der Waals surface area contributed by atoms with Gasteiger partial charge in [-0.15, -0.1) is 11.3 Å². The van der Waals surface area contributed by atoms with E-state index in [1.165, 1.54) is 11.3 Å². The van der Waals surface area contributed by atoms with Gasteiger partial charge in [0.25, 0.3) is 0 Å². The minimum absolute atomic E-state index is 0.125. The molecule has 3 amide bonds. The smallest absolute Gasteiger partial charge is 0.249 e. The van der Waals surface area contributed by atoms with Crippen LogP contribution in [0.4, 0.5) is 0 Å². The average molecular weight is 304 g/mol. The molecule has 1 aliphatic rings. The Balaban J connectivity index is 1.68. The molecule has 1 unspecified atom stereocenters. The van der Waals surface area contributed by atoms with Crippen molar-refractivity contribution in [1.29, 1.82) is 0 Å². The van der Waals surface area contributed by atoms with E-state index in [9.17, 15) is 14.4 Å². The van der Waals surface area contributed by atoms with E-state index in [4.69, 9.17) is 0 Å². The summed E-state index contributed by atoms with van der Waals surface area (Å²) < 4.78 is 0. The third kappa shape index (κ3) is 2.89. The summed E-state index contributed by atoms with van der Waals surface area (Å²) in [5.74, 6) is -1.03. The summed E-state index contributed by atoms with van der Waals surface area (Å²) in [7, 11) is 0. The number of hydrogen-bond donors (Lipinski definition) is 2. The van der Waals surface area contributed by atoms with Crippen molar-refractivity contribution in [2.45, 2.75) is 25.3 Å². The van der Waals surface area contributed by atoms with Gasteiger partial charge in [-0.05, 0) is 18.1 Å². The van der Waals surface area contributed by atoms with Crippen LogP contribution in [0.15, 0.2) is 17.8 Å². The normalized spacial score (nSPS) is 18.6. The third-order valence-electron chi connectivity index (χ3n) is 3.25. The van der Waals surface area contributed by atoms with Gasteiger partial charge < -0.3 is 5.32 Å². The number of aromatic nitrogens is 2. The number of pyridine rings is 1. The van der Waals surface area contributed by atoms with Crippen LogP contribution in [0.25, 0.3) is 10.3 Å². The van der Waals surface area contributed by atoms with Gasteiger partial charge in [0.2, 0.25) is 17.7 Å². The van der Waals surface area contributed by atoms with Crippen molar-refractivity contribution in [2.24, 2.45) is 0 Å². The van der Waals surface area contributed by atoms with Gasteiger partial charge in [-0.25, -0.2) is 9.97 Å². The molecule has 1 aliphatic heterocycles. The van der Waals surface area contributed by atoms with Crippen LogP contribution in [-0.2, 0) is 20.8 Å². The van der Waals surface area contributed by atoms with Gasteiger partial charge in [-0.2, -0.15) is 0 Å².